The van der Waals surface area contributed by atoms with Crippen molar-refractivity contribution in [1.82, 2.24) is 19.6 Å². The second-order valence-corrected chi connectivity index (χ2v) is 9.53. The maximum Gasteiger partial charge on any atom is 0.276 e. The summed E-state index contributed by atoms with van der Waals surface area (Å²) in [6.45, 7) is 7.35. The highest BCUT2D eigenvalue weighted by molar-refractivity contribution is 6.09. The number of nitrogens with zero attached hydrogens (tertiary/aromatic N) is 5. The number of aromatic nitrogens is 4. The van der Waals surface area contributed by atoms with Crippen molar-refractivity contribution >= 4 is 28.2 Å². The van der Waals surface area contributed by atoms with E-state index in [4.69, 9.17) is 0 Å². The number of benzene rings is 2. The number of halogens is 3. The lowest BCUT2D eigenvalue weighted by Gasteiger charge is -2.24. The lowest BCUT2D eigenvalue weighted by Crippen LogP contribution is -2.27. The van der Waals surface area contributed by atoms with Crippen molar-refractivity contribution < 1.29 is 18.0 Å². The van der Waals surface area contributed by atoms with Gasteiger partial charge in [-0.25, -0.2) is 13.2 Å². The van der Waals surface area contributed by atoms with Gasteiger partial charge in [-0.3, -0.25) is 14.3 Å². The topological polar surface area (TPSA) is 85.0 Å². The zero-order valence-corrected chi connectivity index (χ0v) is 20.5. The maximum atomic E-state index is 15.3. The molecule has 192 valence electrons. The highest BCUT2D eigenvalue weighted by Crippen LogP contribution is 2.40. The summed E-state index contributed by atoms with van der Waals surface area (Å²) in [5, 5.41) is 11.5. The largest absolute Gasteiger partial charge is 0.369 e. The van der Waals surface area contributed by atoms with Crippen molar-refractivity contribution in [3.8, 4) is 5.69 Å². The fourth-order valence-corrected chi connectivity index (χ4v) is 4.72. The van der Waals surface area contributed by atoms with Gasteiger partial charge in [0.1, 0.15) is 16.9 Å². The first-order valence-electron chi connectivity index (χ1n) is 12.0. The number of carbonyl (C=O) groups is 1. The average molecular weight is 511 g/mol. The van der Waals surface area contributed by atoms with E-state index >= 15 is 4.39 Å². The summed E-state index contributed by atoms with van der Waals surface area (Å²) in [4.78, 5) is 27.6. The van der Waals surface area contributed by atoms with Crippen molar-refractivity contribution in [2.24, 2.45) is 5.92 Å². The Hall–Kier alpha value is -4.15. The molecule has 1 aliphatic heterocycles. The highest BCUT2D eigenvalue weighted by Gasteiger charge is 2.28. The molecule has 0 radical (unpaired) electrons. The van der Waals surface area contributed by atoms with Crippen molar-refractivity contribution in [3.05, 3.63) is 76.1 Å². The molecule has 0 bridgehead atoms. The van der Waals surface area contributed by atoms with Gasteiger partial charge in [0.15, 0.2) is 17.5 Å². The summed E-state index contributed by atoms with van der Waals surface area (Å²) in [5.41, 5.74) is -0.604. The molecule has 1 N–H and O–H groups in total. The van der Waals surface area contributed by atoms with Crippen LogP contribution in [0.2, 0.25) is 0 Å². The molecule has 0 aliphatic carbocycles. The standard InChI is InChI=1S/C26H25F3N6O2/c1-14(2)34-23-16(12-30-34)24(33-10-9-15(3)13-33)21(11-19(23)29)31-26(37)20-7-8-22(36)35(32-20)25-17(27)5-4-6-18(25)28/h4-8,11-12,14-15H,9-10,13H2,1-3H3,(H,31,37)/t15-/m0/s1. The quantitative estimate of drug-likeness (QED) is 0.422. The number of para-hydroxylation sites is 1. The van der Waals surface area contributed by atoms with E-state index in [9.17, 15) is 18.4 Å². The van der Waals surface area contributed by atoms with Crippen LogP contribution in [0.1, 0.15) is 43.7 Å². The Bertz CT molecular complexity index is 1560. The molecule has 2 aromatic heterocycles. The molecule has 1 aliphatic rings. The van der Waals surface area contributed by atoms with Crippen LogP contribution in [0.25, 0.3) is 16.6 Å². The van der Waals surface area contributed by atoms with Crippen LogP contribution < -0.4 is 15.8 Å². The van der Waals surface area contributed by atoms with Gasteiger partial charge < -0.3 is 10.2 Å². The van der Waals surface area contributed by atoms with Gasteiger partial charge in [-0.15, -0.1) is 0 Å². The lowest BCUT2D eigenvalue weighted by molar-refractivity contribution is 0.102. The van der Waals surface area contributed by atoms with E-state index in [0.717, 1.165) is 36.8 Å². The number of amides is 1. The number of carbonyl (C=O) groups excluding carboxylic acids is 1. The molecule has 0 unspecified atom stereocenters. The zero-order valence-electron chi connectivity index (χ0n) is 20.5. The molecule has 8 nitrogen and oxygen atoms in total. The van der Waals surface area contributed by atoms with Crippen molar-refractivity contribution in [3.63, 3.8) is 0 Å². The second kappa shape index (κ2) is 9.38. The van der Waals surface area contributed by atoms with Crippen molar-refractivity contribution in [2.75, 3.05) is 23.3 Å². The summed E-state index contributed by atoms with van der Waals surface area (Å²) in [5.74, 6) is -2.93. The minimum absolute atomic E-state index is 0.0816. The third-order valence-corrected chi connectivity index (χ3v) is 6.46. The normalized spacial score (nSPS) is 15.6. The predicted octanol–water partition coefficient (Wildman–Crippen LogP) is 4.68. The van der Waals surface area contributed by atoms with Gasteiger partial charge >= 0.3 is 0 Å². The third kappa shape index (κ3) is 4.34. The molecule has 1 saturated heterocycles. The fraction of sp³-hybridized carbons (Fsp3) is 0.308. The van der Waals surface area contributed by atoms with E-state index in [1.54, 1.807) is 10.9 Å². The zero-order chi connectivity index (χ0) is 26.4. The van der Waals surface area contributed by atoms with Gasteiger partial charge in [-0.2, -0.15) is 14.9 Å². The Kier molecular flexibility index (Phi) is 6.22. The average Bonchev–Trinajstić information content (AvgIpc) is 3.47. The molecule has 37 heavy (non-hydrogen) atoms. The number of hydrogen-bond donors (Lipinski definition) is 1. The van der Waals surface area contributed by atoms with Crippen molar-refractivity contribution in [1.29, 1.82) is 0 Å². The molecule has 1 fully saturated rings. The second-order valence-electron chi connectivity index (χ2n) is 9.53. The summed E-state index contributed by atoms with van der Waals surface area (Å²) >= 11 is 0. The molecule has 0 saturated carbocycles. The smallest absolute Gasteiger partial charge is 0.276 e. The molecule has 1 amide bonds. The Morgan fingerprint density at radius 2 is 1.81 bits per heavy atom. The van der Waals surface area contributed by atoms with Gasteiger partial charge in [-0.05, 0) is 44.4 Å². The van der Waals surface area contributed by atoms with E-state index in [2.05, 4.69) is 27.3 Å². The number of anilines is 2. The van der Waals surface area contributed by atoms with Crippen LogP contribution in [-0.2, 0) is 0 Å². The number of rotatable bonds is 5. The predicted molar refractivity (Wildman–Crippen MR) is 134 cm³/mol. The molecule has 3 heterocycles. The number of nitrogens with one attached hydrogen (secondary N) is 1. The van der Waals surface area contributed by atoms with Gasteiger partial charge in [0, 0.05) is 36.7 Å². The SMILES string of the molecule is CC(C)n1ncc2c(N3CC[C@H](C)C3)c(NC(=O)c3ccc(=O)n(-c4c(F)cccc4F)n3)cc(F)c21. The van der Waals surface area contributed by atoms with Crippen LogP contribution in [0.3, 0.4) is 0 Å². The first kappa shape index (κ1) is 24.5. The van der Waals surface area contributed by atoms with Crippen molar-refractivity contribution in [2.45, 2.75) is 33.2 Å². The molecule has 2 aromatic carbocycles. The summed E-state index contributed by atoms with van der Waals surface area (Å²) < 4.78 is 46.1. The van der Waals surface area contributed by atoms with Gasteiger partial charge in [0.05, 0.1) is 17.6 Å². The van der Waals surface area contributed by atoms with Gasteiger partial charge in [0.2, 0.25) is 0 Å². The Labute approximate surface area is 210 Å². The van der Waals surface area contributed by atoms with Crippen LogP contribution in [0.4, 0.5) is 24.5 Å². The number of fused-ring (bicyclic) bond motifs is 1. The molecule has 5 rings (SSSR count). The minimum Gasteiger partial charge on any atom is -0.369 e. The fourth-order valence-electron chi connectivity index (χ4n) is 4.72. The monoisotopic (exact) mass is 510 g/mol. The van der Waals surface area contributed by atoms with E-state index in [-0.39, 0.29) is 17.4 Å². The summed E-state index contributed by atoms with van der Waals surface area (Å²) in [7, 11) is 0. The molecule has 4 aromatic rings. The van der Waals surface area contributed by atoms with E-state index in [1.807, 2.05) is 13.8 Å². The van der Waals surface area contributed by atoms with Crippen LogP contribution in [0.5, 0.6) is 0 Å². The van der Waals surface area contributed by atoms with Gasteiger partial charge in [-0.1, -0.05) is 13.0 Å². The highest BCUT2D eigenvalue weighted by atomic mass is 19.1. The summed E-state index contributed by atoms with van der Waals surface area (Å²) in [6, 6.07) is 6.43. The third-order valence-electron chi connectivity index (χ3n) is 6.46. The van der Waals surface area contributed by atoms with Crippen LogP contribution in [0.15, 0.2) is 47.4 Å². The van der Waals surface area contributed by atoms with Crippen LogP contribution >= 0.6 is 0 Å². The van der Waals surface area contributed by atoms with Gasteiger partial charge in [0.25, 0.3) is 11.5 Å². The Morgan fingerprint density at radius 1 is 1.08 bits per heavy atom. The first-order chi connectivity index (χ1) is 17.7. The Morgan fingerprint density at radius 3 is 2.46 bits per heavy atom. The minimum atomic E-state index is -1.01. The molecule has 0 spiro atoms. The van der Waals surface area contributed by atoms with E-state index in [0.29, 0.717) is 40.3 Å². The van der Waals surface area contributed by atoms with E-state index in [1.165, 1.54) is 6.07 Å². The van der Waals surface area contributed by atoms with Crippen LogP contribution in [-0.4, -0.2) is 38.6 Å². The van der Waals surface area contributed by atoms with E-state index < -0.39 is 34.6 Å². The number of hydrogen-bond acceptors (Lipinski definition) is 5. The maximum absolute atomic E-state index is 15.3. The molecular formula is C26H25F3N6O2. The molecular weight excluding hydrogens is 485 g/mol. The van der Waals surface area contributed by atoms with Crippen LogP contribution in [0, 0.1) is 23.4 Å². The lowest BCUT2D eigenvalue weighted by atomic mass is 10.1. The molecule has 1 atom stereocenters. The first-order valence-corrected chi connectivity index (χ1v) is 12.0. The Balaban J connectivity index is 1.59. The summed E-state index contributed by atoms with van der Waals surface area (Å²) in [6.07, 6.45) is 2.52. The molecule has 11 heteroatoms.